The minimum Gasteiger partial charge on any atom is -0.489 e. The van der Waals surface area contributed by atoms with Gasteiger partial charge in [0.1, 0.15) is 5.75 Å². The zero-order valence-corrected chi connectivity index (χ0v) is 17.1. The lowest BCUT2D eigenvalue weighted by Crippen LogP contribution is -2.50. The fraction of sp³-hybridized carbons (Fsp3) is 0.364. The summed E-state index contributed by atoms with van der Waals surface area (Å²) in [6.07, 6.45) is 0.108. The smallest absolute Gasteiger partial charge is 0.321 e. The van der Waals surface area contributed by atoms with E-state index in [-0.39, 0.29) is 18.0 Å². The van der Waals surface area contributed by atoms with Crippen molar-refractivity contribution >= 4 is 29.0 Å². The van der Waals surface area contributed by atoms with Gasteiger partial charge < -0.3 is 25.2 Å². The van der Waals surface area contributed by atoms with Crippen molar-refractivity contribution in [3.63, 3.8) is 0 Å². The topological polar surface area (TPSA) is 73.9 Å². The van der Waals surface area contributed by atoms with E-state index in [9.17, 15) is 9.59 Å². The van der Waals surface area contributed by atoms with Crippen molar-refractivity contribution in [3.8, 4) is 5.75 Å². The monoisotopic (exact) mass is 396 g/mol. The van der Waals surface area contributed by atoms with Crippen molar-refractivity contribution in [3.05, 3.63) is 48.5 Å². The summed E-state index contributed by atoms with van der Waals surface area (Å²) in [5, 5.41) is 5.63. The van der Waals surface area contributed by atoms with Gasteiger partial charge in [0.05, 0.1) is 11.8 Å². The van der Waals surface area contributed by atoms with Crippen LogP contribution in [0.15, 0.2) is 48.5 Å². The van der Waals surface area contributed by atoms with E-state index in [1.807, 2.05) is 32.0 Å². The SMILES string of the molecule is CC(=O)Nc1cccc(NC(=O)N2CCN(c3ccccc3OC(C)C)CC2)c1. The molecule has 2 N–H and O–H groups in total. The molecule has 7 nitrogen and oxygen atoms in total. The van der Waals surface area contributed by atoms with Crippen molar-refractivity contribution in [2.75, 3.05) is 41.7 Å². The summed E-state index contributed by atoms with van der Waals surface area (Å²) in [6, 6.07) is 15.0. The van der Waals surface area contributed by atoms with Crippen molar-refractivity contribution in [1.29, 1.82) is 0 Å². The molecule has 2 aromatic carbocycles. The van der Waals surface area contributed by atoms with Crippen LogP contribution in [0.2, 0.25) is 0 Å². The highest BCUT2D eigenvalue weighted by Crippen LogP contribution is 2.29. The quantitative estimate of drug-likeness (QED) is 0.807. The van der Waals surface area contributed by atoms with Crippen LogP contribution in [0, 0.1) is 0 Å². The average Bonchev–Trinajstić information content (AvgIpc) is 2.68. The predicted molar refractivity (Wildman–Crippen MR) is 116 cm³/mol. The Morgan fingerprint density at radius 1 is 0.931 bits per heavy atom. The molecule has 2 aromatic rings. The van der Waals surface area contributed by atoms with Gasteiger partial charge in [-0.05, 0) is 44.2 Å². The van der Waals surface area contributed by atoms with E-state index in [0.29, 0.717) is 24.5 Å². The van der Waals surface area contributed by atoms with E-state index in [0.717, 1.165) is 24.5 Å². The van der Waals surface area contributed by atoms with Gasteiger partial charge in [-0.1, -0.05) is 18.2 Å². The number of nitrogens with zero attached hydrogens (tertiary/aromatic N) is 2. The molecule has 0 bridgehead atoms. The third-order valence-electron chi connectivity index (χ3n) is 4.57. The Labute approximate surface area is 171 Å². The third-order valence-corrected chi connectivity index (χ3v) is 4.57. The third kappa shape index (κ3) is 5.63. The maximum Gasteiger partial charge on any atom is 0.321 e. The molecule has 3 rings (SSSR count). The van der Waals surface area contributed by atoms with E-state index in [1.165, 1.54) is 6.92 Å². The molecular weight excluding hydrogens is 368 g/mol. The number of hydrogen-bond acceptors (Lipinski definition) is 4. The second-order valence-electron chi connectivity index (χ2n) is 7.30. The number of amides is 3. The Morgan fingerprint density at radius 2 is 1.59 bits per heavy atom. The van der Waals surface area contributed by atoms with Gasteiger partial charge in [0.25, 0.3) is 0 Å². The van der Waals surface area contributed by atoms with Crippen LogP contribution in [0.25, 0.3) is 0 Å². The lowest BCUT2D eigenvalue weighted by molar-refractivity contribution is -0.114. The molecule has 0 spiro atoms. The Kier molecular flexibility index (Phi) is 6.59. The summed E-state index contributed by atoms with van der Waals surface area (Å²) in [5.41, 5.74) is 2.37. The standard InChI is InChI=1S/C22H28N4O3/c1-16(2)29-21-10-5-4-9-20(21)25-11-13-26(14-12-25)22(28)24-19-8-6-7-18(15-19)23-17(3)27/h4-10,15-16H,11-14H2,1-3H3,(H,23,27)(H,24,28). The van der Waals surface area contributed by atoms with Crippen molar-refractivity contribution in [2.45, 2.75) is 26.9 Å². The fourth-order valence-corrected chi connectivity index (χ4v) is 3.30. The van der Waals surface area contributed by atoms with Gasteiger partial charge in [0, 0.05) is 44.5 Å². The van der Waals surface area contributed by atoms with Gasteiger partial charge in [-0.25, -0.2) is 4.79 Å². The van der Waals surface area contributed by atoms with Gasteiger partial charge in [0.15, 0.2) is 0 Å². The number of ether oxygens (including phenoxy) is 1. The second-order valence-corrected chi connectivity index (χ2v) is 7.30. The van der Waals surface area contributed by atoms with Gasteiger partial charge in [0.2, 0.25) is 5.91 Å². The van der Waals surface area contributed by atoms with E-state index in [1.54, 1.807) is 29.2 Å². The van der Waals surface area contributed by atoms with Crippen molar-refractivity contribution < 1.29 is 14.3 Å². The van der Waals surface area contributed by atoms with Gasteiger partial charge >= 0.3 is 6.03 Å². The van der Waals surface area contributed by atoms with Crippen LogP contribution in [0.4, 0.5) is 21.9 Å². The number of urea groups is 1. The lowest BCUT2D eigenvalue weighted by Gasteiger charge is -2.36. The first-order chi connectivity index (χ1) is 13.9. The van der Waals surface area contributed by atoms with Gasteiger partial charge in [-0.3, -0.25) is 4.79 Å². The molecule has 29 heavy (non-hydrogen) atoms. The molecular formula is C22H28N4O3. The Balaban J connectivity index is 1.58. The molecule has 1 saturated heterocycles. The van der Waals surface area contributed by atoms with E-state index in [4.69, 9.17) is 4.74 Å². The van der Waals surface area contributed by atoms with Crippen LogP contribution < -0.4 is 20.3 Å². The number of hydrogen-bond donors (Lipinski definition) is 2. The Bertz CT molecular complexity index is 861. The maximum atomic E-state index is 12.6. The van der Waals surface area contributed by atoms with E-state index < -0.39 is 0 Å². The molecule has 0 atom stereocenters. The Morgan fingerprint density at radius 3 is 2.24 bits per heavy atom. The van der Waals surface area contributed by atoms with Crippen LogP contribution in [0.5, 0.6) is 5.75 Å². The molecule has 1 fully saturated rings. The summed E-state index contributed by atoms with van der Waals surface area (Å²) in [4.78, 5) is 27.9. The van der Waals surface area contributed by atoms with Crippen LogP contribution in [0.1, 0.15) is 20.8 Å². The van der Waals surface area contributed by atoms with Crippen LogP contribution >= 0.6 is 0 Å². The highest BCUT2D eigenvalue weighted by molar-refractivity contribution is 5.92. The molecule has 154 valence electrons. The van der Waals surface area contributed by atoms with Crippen molar-refractivity contribution in [2.24, 2.45) is 0 Å². The minimum atomic E-state index is -0.147. The minimum absolute atomic E-state index is 0.108. The van der Waals surface area contributed by atoms with Crippen LogP contribution in [-0.4, -0.2) is 49.1 Å². The lowest BCUT2D eigenvalue weighted by atomic mass is 10.2. The normalized spacial score (nSPS) is 13.9. The summed E-state index contributed by atoms with van der Waals surface area (Å²) < 4.78 is 5.93. The zero-order chi connectivity index (χ0) is 20.8. The van der Waals surface area contributed by atoms with E-state index in [2.05, 4.69) is 21.6 Å². The molecule has 1 aliphatic rings. The highest BCUT2D eigenvalue weighted by Gasteiger charge is 2.23. The number of carbonyl (C=O) groups is 2. The number of nitrogens with one attached hydrogen (secondary N) is 2. The van der Waals surface area contributed by atoms with Gasteiger partial charge in [-0.2, -0.15) is 0 Å². The average molecular weight is 396 g/mol. The largest absolute Gasteiger partial charge is 0.489 e. The van der Waals surface area contributed by atoms with E-state index >= 15 is 0 Å². The first-order valence-electron chi connectivity index (χ1n) is 9.86. The molecule has 0 unspecified atom stereocenters. The number of benzene rings is 2. The molecule has 0 aliphatic carbocycles. The molecule has 1 heterocycles. The number of carbonyl (C=O) groups excluding carboxylic acids is 2. The molecule has 1 aliphatic heterocycles. The van der Waals surface area contributed by atoms with Crippen molar-refractivity contribution in [1.82, 2.24) is 4.90 Å². The molecule has 7 heteroatoms. The fourth-order valence-electron chi connectivity index (χ4n) is 3.30. The summed E-state index contributed by atoms with van der Waals surface area (Å²) in [5.74, 6) is 0.724. The molecule has 0 aromatic heterocycles. The summed E-state index contributed by atoms with van der Waals surface area (Å²) in [6.45, 7) is 8.19. The van der Waals surface area contributed by atoms with Crippen LogP contribution in [-0.2, 0) is 4.79 Å². The predicted octanol–water partition coefficient (Wildman–Crippen LogP) is 3.79. The van der Waals surface area contributed by atoms with Crippen LogP contribution in [0.3, 0.4) is 0 Å². The number of para-hydroxylation sites is 2. The molecule has 0 radical (unpaired) electrons. The number of anilines is 3. The maximum absolute atomic E-state index is 12.6. The second kappa shape index (κ2) is 9.32. The summed E-state index contributed by atoms with van der Waals surface area (Å²) >= 11 is 0. The Hall–Kier alpha value is -3.22. The van der Waals surface area contributed by atoms with Gasteiger partial charge in [-0.15, -0.1) is 0 Å². The summed E-state index contributed by atoms with van der Waals surface area (Å²) in [7, 11) is 0. The number of rotatable bonds is 5. The highest BCUT2D eigenvalue weighted by atomic mass is 16.5. The molecule has 3 amide bonds. The first kappa shape index (κ1) is 20.5. The zero-order valence-electron chi connectivity index (χ0n) is 17.1. The first-order valence-corrected chi connectivity index (χ1v) is 9.86. The molecule has 0 saturated carbocycles. The number of piperazine rings is 1.